The molecule has 10 N–H and O–H groups in total. The van der Waals surface area contributed by atoms with Crippen molar-refractivity contribution in [2.24, 2.45) is 5.92 Å². The Bertz CT molecular complexity index is 2300. The summed E-state index contributed by atoms with van der Waals surface area (Å²) in [5.74, 6) is -3.58. The van der Waals surface area contributed by atoms with E-state index in [-0.39, 0.29) is 71.7 Å². The van der Waals surface area contributed by atoms with Gasteiger partial charge in [0.15, 0.2) is 36.7 Å². The van der Waals surface area contributed by atoms with Crippen LogP contribution in [0.3, 0.4) is 0 Å². The summed E-state index contributed by atoms with van der Waals surface area (Å²) in [6, 6.07) is 3.10. The smallest absolute Gasteiger partial charge is 0.202 e. The van der Waals surface area contributed by atoms with Crippen molar-refractivity contribution in [3.8, 4) is 17.2 Å². The first kappa shape index (κ1) is 56.9. The number of benzene rings is 2. The molecule has 8 rings (SSSR count). The van der Waals surface area contributed by atoms with Crippen LogP contribution in [0.15, 0.2) is 12.1 Å². The lowest BCUT2D eigenvalue weighted by Gasteiger charge is -2.46. The predicted molar refractivity (Wildman–Crippen MR) is 253 cm³/mol. The minimum Gasteiger partial charge on any atom is -0.507 e. The van der Waals surface area contributed by atoms with E-state index in [0.29, 0.717) is 0 Å². The zero-order valence-electron chi connectivity index (χ0n) is 43.0. The summed E-state index contributed by atoms with van der Waals surface area (Å²) in [5.41, 5.74) is -1.33. The summed E-state index contributed by atoms with van der Waals surface area (Å²) in [7, 11) is 1.24. The summed E-state index contributed by atoms with van der Waals surface area (Å²) in [6.45, 7) is 12.2. The van der Waals surface area contributed by atoms with Crippen LogP contribution < -0.4 is 4.74 Å². The van der Waals surface area contributed by atoms with E-state index >= 15 is 0 Å². The maximum atomic E-state index is 14.9. The number of ketones is 2. The molecule has 1 aliphatic carbocycles. The molecule has 0 aromatic heterocycles. The topological polar surface area (TPSA) is 338 Å². The van der Waals surface area contributed by atoms with Gasteiger partial charge in [0.1, 0.15) is 66.1 Å². The molecule has 5 heterocycles. The van der Waals surface area contributed by atoms with Gasteiger partial charge in [0.05, 0.1) is 71.5 Å². The molecule has 24 atom stereocenters. The van der Waals surface area contributed by atoms with Gasteiger partial charge >= 0.3 is 0 Å². The molecular weight excluding hydrogens is 981 g/mol. The quantitative estimate of drug-likeness (QED) is 0.122. The summed E-state index contributed by atoms with van der Waals surface area (Å²) < 4.78 is 66.5. The normalized spacial score (nSPS) is 42.9. The van der Waals surface area contributed by atoms with Gasteiger partial charge in [-0.1, -0.05) is 0 Å². The van der Waals surface area contributed by atoms with Gasteiger partial charge in [-0.2, -0.15) is 0 Å². The number of phenols is 2. The number of carbonyl (C=O) groups excluding carboxylic acids is 2. The second kappa shape index (κ2) is 22.6. The van der Waals surface area contributed by atoms with Crippen LogP contribution in [0, 0.1) is 12.8 Å². The molecule has 0 spiro atoms. The third-order valence-corrected chi connectivity index (χ3v) is 15.5. The molecule has 0 saturated carbocycles. The number of rotatable bonds is 14. The molecule has 5 aliphatic heterocycles. The van der Waals surface area contributed by atoms with Gasteiger partial charge < -0.3 is 103 Å². The van der Waals surface area contributed by atoms with Crippen LogP contribution in [0.1, 0.15) is 102 Å². The Kier molecular flexibility index (Phi) is 17.4. The van der Waals surface area contributed by atoms with Crippen molar-refractivity contribution in [2.45, 2.75) is 235 Å². The van der Waals surface area contributed by atoms with Gasteiger partial charge in [-0.25, -0.2) is 0 Å². The standard InChI is InChI=1S/C51H74O23/c1-18-29(70-34-14-30(43(57)21(4)66-34)71-33-13-28(53)42(56)20(3)65-33)12-26-10-25-11-27(48(64-9)41(55)19(2)52)49(47(61)39(25)46(60)38(26)40(18)54)74-36-16-31(44(58)23(6)68-36)72-35-15-32(45(59)22(5)67-35)73-37-17-51(8,63)50(62)24(7)69-37/h10,12,19-24,27-28,30-37,42-45,48-50,52-54,56-60,62-63H,11,13-17H2,1-9H3/t19?,20?,21?,22?,23?,24?,27-,28?,30?,31?,32?,33?,34?,35?,36?,37?,42?,43?,44?,45?,48?,49-,50?,51?/m0/s1. The van der Waals surface area contributed by atoms with Crippen LogP contribution in [-0.4, -0.2) is 211 Å². The van der Waals surface area contributed by atoms with Crippen molar-refractivity contribution in [2.75, 3.05) is 7.11 Å². The fourth-order valence-electron chi connectivity index (χ4n) is 11.2. The first-order valence-electron chi connectivity index (χ1n) is 25.4. The van der Waals surface area contributed by atoms with E-state index in [0.717, 1.165) is 0 Å². The molecule has 23 nitrogen and oxygen atoms in total. The molecular formula is C51H74O23. The highest BCUT2D eigenvalue weighted by atomic mass is 16.7. The molecule has 5 fully saturated rings. The lowest BCUT2D eigenvalue weighted by molar-refractivity contribution is -0.334. The number of ether oxygens (including phenoxy) is 11. The second-order valence-corrected chi connectivity index (χ2v) is 21.2. The van der Waals surface area contributed by atoms with Crippen LogP contribution >= 0.6 is 0 Å². The molecule has 0 bridgehead atoms. The van der Waals surface area contributed by atoms with E-state index < -0.39 is 170 Å². The molecule has 6 aliphatic rings. The number of hydrogen-bond donors (Lipinski definition) is 10. The molecule has 416 valence electrons. The van der Waals surface area contributed by atoms with E-state index in [1.54, 1.807) is 40.7 Å². The summed E-state index contributed by atoms with van der Waals surface area (Å²) in [4.78, 5) is 28.6. The number of phenolic OH excluding ortho intramolecular Hbond substituents is 2. The Morgan fingerprint density at radius 2 is 1.18 bits per heavy atom. The Balaban J connectivity index is 1.03. The number of fused-ring (bicyclic) bond motifs is 2. The SMILES string of the molecule is COC(C(=O)C(C)O)[C@@H]1Cc2cc3cc(OC4CC(OC5CC(O)C(O)C(C)O5)C(O)C(C)O4)c(C)c(O)c3c(O)c2C(=O)[C@H]1OC1CC(OC2CC(OC3CC(C)(O)C(O)C(C)O3)C(O)C(C)O2)C(O)C(C)O1. The Hall–Kier alpha value is -3.28. The lowest BCUT2D eigenvalue weighted by Crippen LogP contribution is -2.58. The first-order valence-corrected chi connectivity index (χ1v) is 25.4. The van der Waals surface area contributed by atoms with E-state index in [4.69, 9.17) is 52.1 Å². The number of methoxy groups -OCH3 is 1. The van der Waals surface area contributed by atoms with E-state index in [2.05, 4.69) is 0 Å². The van der Waals surface area contributed by atoms with Crippen molar-refractivity contribution >= 4 is 22.3 Å². The number of carbonyl (C=O) groups is 2. The Labute approximate surface area is 428 Å². The number of aliphatic hydroxyl groups excluding tert-OH is 7. The van der Waals surface area contributed by atoms with Gasteiger partial charge in [0, 0.05) is 50.7 Å². The monoisotopic (exact) mass is 1050 g/mol. The number of aromatic hydroxyl groups is 2. The average Bonchev–Trinajstić information content (AvgIpc) is 3.32. The van der Waals surface area contributed by atoms with Crippen molar-refractivity contribution in [3.05, 3.63) is 28.8 Å². The van der Waals surface area contributed by atoms with E-state index in [1.165, 1.54) is 33.9 Å². The summed E-state index contributed by atoms with van der Waals surface area (Å²) >= 11 is 0. The van der Waals surface area contributed by atoms with Gasteiger partial charge in [0.25, 0.3) is 0 Å². The Morgan fingerprint density at radius 3 is 1.70 bits per heavy atom. The van der Waals surface area contributed by atoms with Crippen LogP contribution in [0.2, 0.25) is 0 Å². The third kappa shape index (κ3) is 11.5. The zero-order chi connectivity index (χ0) is 54.0. The average molecular weight is 1060 g/mol. The van der Waals surface area contributed by atoms with Crippen LogP contribution in [0.4, 0.5) is 0 Å². The maximum Gasteiger partial charge on any atom is 0.202 e. The molecule has 0 amide bonds. The molecule has 5 saturated heterocycles. The van der Waals surface area contributed by atoms with Crippen molar-refractivity contribution in [3.63, 3.8) is 0 Å². The van der Waals surface area contributed by atoms with Gasteiger partial charge in [0.2, 0.25) is 6.29 Å². The molecule has 0 radical (unpaired) electrons. The van der Waals surface area contributed by atoms with Crippen molar-refractivity contribution < 1.29 is 113 Å². The Morgan fingerprint density at radius 1 is 0.689 bits per heavy atom. The largest absolute Gasteiger partial charge is 0.507 e. The van der Waals surface area contributed by atoms with Crippen molar-refractivity contribution in [1.82, 2.24) is 0 Å². The van der Waals surface area contributed by atoms with Crippen LogP contribution in [-0.2, 0) is 58.6 Å². The maximum absolute atomic E-state index is 14.9. The van der Waals surface area contributed by atoms with E-state index in [9.17, 15) is 60.7 Å². The molecule has 22 unspecified atom stereocenters. The highest BCUT2D eigenvalue weighted by Crippen LogP contribution is 2.47. The van der Waals surface area contributed by atoms with Crippen LogP contribution in [0.25, 0.3) is 10.8 Å². The summed E-state index contributed by atoms with van der Waals surface area (Å²) in [5, 5.41) is 110. The van der Waals surface area contributed by atoms with Crippen LogP contribution in [0.5, 0.6) is 17.2 Å². The molecule has 74 heavy (non-hydrogen) atoms. The number of Topliss-reactive ketones (excluding diaryl/α,β-unsaturated/α-hetero) is 2. The first-order chi connectivity index (χ1) is 34.8. The van der Waals surface area contributed by atoms with Gasteiger partial charge in [-0.3, -0.25) is 9.59 Å². The minimum atomic E-state index is -1.57. The zero-order valence-corrected chi connectivity index (χ0v) is 43.0. The molecule has 23 heteroatoms. The minimum absolute atomic E-state index is 0.0176. The second-order valence-electron chi connectivity index (χ2n) is 21.2. The third-order valence-electron chi connectivity index (χ3n) is 15.5. The lowest BCUT2D eigenvalue weighted by atomic mass is 9.75. The van der Waals surface area contributed by atoms with Crippen molar-refractivity contribution in [1.29, 1.82) is 0 Å². The predicted octanol–water partition coefficient (Wildman–Crippen LogP) is 0.390. The fraction of sp³-hybridized carbons (Fsp3) is 0.765. The molecule has 2 aromatic rings. The van der Waals surface area contributed by atoms with Gasteiger partial charge in [-0.05, 0) is 84.9 Å². The fourth-order valence-corrected chi connectivity index (χ4v) is 11.2. The van der Waals surface area contributed by atoms with E-state index in [1.807, 2.05) is 0 Å². The number of hydrogen-bond acceptors (Lipinski definition) is 23. The molecule has 2 aromatic carbocycles. The highest BCUT2D eigenvalue weighted by Gasteiger charge is 2.51. The highest BCUT2D eigenvalue weighted by molar-refractivity contribution is 6.11. The summed E-state index contributed by atoms with van der Waals surface area (Å²) in [6.07, 6.45) is -24.2. The number of aliphatic hydroxyl groups is 8. The van der Waals surface area contributed by atoms with Gasteiger partial charge in [-0.15, -0.1) is 0 Å².